The average molecular weight is 574 g/mol. The summed E-state index contributed by atoms with van der Waals surface area (Å²) in [6.45, 7) is 3.68. The standard InChI is InChI=1S/C26H21Cl2N3O6S/c1-3-37-22-12-16(27)8-9-21(22)29-26(33)19-11-15-6-4-5-7-18(15)24(25(19)32)31-30-23-14(2)10-17(13-20(23)28)38(34,35)36/h4-13,32H,3H2,1-2H3,(H,29,33)(H,34,35,36). The van der Waals surface area contributed by atoms with E-state index in [4.69, 9.17) is 27.9 Å². The number of carbonyl (C=O) groups is 1. The van der Waals surface area contributed by atoms with Gasteiger partial charge in [-0.25, -0.2) is 0 Å². The molecule has 0 atom stereocenters. The van der Waals surface area contributed by atoms with Crippen molar-refractivity contribution in [1.29, 1.82) is 0 Å². The van der Waals surface area contributed by atoms with Gasteiger partial charge in [0.25, 0.3) is 16.0 Å². The van der Waals surface area contributed by atoms with Crippen LogP contribution in [0.2, 0.25) is 10.0 Å². The van der Waals surface area contributed by atoms with Crippen molar-refractivity contribution in [2.75, 3.05) is 11.9 Å². The van der Waals surface area contributed by atoms with E-state index in [-0.39, 0.29) is 26.9 Å². The van der Waals surface area contributed by atoms with Crippen LogP contribution < -0.4 is 10.1 Å². The second-order valence-electron chi connectivity index (χ2n) is 8.12. The summed E-state index contributed by atoms with van der Waals surface area (Å²) in [5.74, 6) is -0.688. The minimum atomic E-state index is -4.47. The van der Waals surface area contributed by atoms with Crippen LogP contribution in [-0.2, 0) is 10.1 Å². The van der Waals surface area contributed by atoms with Crippen molar-refractivity contribution in [1.82, 2.24) is 0 Å². The molecule has 4 rings (SSSR count). The molecule has 1 amide bonds. The first-order chi connectivity index (χ1) is 18.0. The number of azo groups is 1. The summed E-state index contributed by atoms with van der Waals surface area (Å²) in [6.07, 6.45) is 0. The molecular weight excluding hydrogens is 553 g/mol. The lowest BCUT2D eigenvalue weighted by molar-refractivity contribution is 0.102. The highest BCUT2D eigenvalue weighted by molar-refractivity contribution is 7.85. The van der Waals surface area contributed by atoms with Gasteiger partial charge >= 0.3 is 0 Å². The minimum absolute atomic E-state index is 0.00344. The Bertz CT molecular complexity index is 1680. The zero-order valence-corrected chi connectivity index (χ0v) is 22.4. The number of carbonyl (C=O) groups excluding carboxylic acids is 1. The first kappa shape index (κ1) is 27.3. The van der Waals surface area contributed by atoms with Crippen molar-refractivity contribution in [2.24, 2.45) is 10.2 Å². The third kappa shape index (κ3) is 5.73. The van der Waals surface area contributed by atoms with E-state index >= 15 is 0 Å². The Morgan fingerprint density at radius 3 is 2.42 bits per heavy atom. The Morgan fingerprint density at radius 1 is 1.03 bits per heavy atom. The number of anilines is 1. The van der Waals surface area contributed by atoms with Crippen LogP contribution >= 0.6 is 23.2 Å². The van der Waals surface area contributed by atoms with E-state index in [0.29, 0.717) is 39.4 Å². The van der Waals surface area contributed by atoms with E-state index in [0.717, 1.165) is 6.07 Å². The maximum Gasteiger partial charge on any atom is 0.294 e. The summed E-state index contributed by atoms with van der Waals surface area (Å²) in [5, 5.41) is 23.6. The van der Waals surface area contributed by atoms with Gasteiger partial charge in [-0.3, -0.25) is 9.35 Å². The number of rotatable bonds is 7. The minimum Gasteiger partial charge on any atom is -0.505 e. The molecule has 0 spiro atoms. The van der Waals surface area contributed by atoms with E-state index < -0.39 is 21.8 Å². The molecule has 12 heteroatoms. The van der Waals surface area contributed by atoms with E-state index in [1.165, 1.54) is 12.1 Å². The highest BCUT2D eigenvalue weighted by atomic mass is 35.5. The first-order valence-electron chi connectivity index (χ1n) is 11.2. The van der Waals surface area contributed by atoms with Gasteiger partial charge in [-0.05, 0) is 55.1 Å². The summed E-state index contributed by atoms with van der Waals surface area (Å²) in [4.78, 5) is 12.9. The Labute approximate surface area is 228 Å². The molecule has 3 N–H and O–H groups in total. The fourth-order valence-corrected chi connectivity index (χ4v) is 4.86. The number of fused-ring (bicyclic) bond motifs is 1. The predicted octanol–water partition coefficient (Wildman–Crippen LogP) is 7.47. The molecule has 196 valence electrons. The number of aryl methyl sites for hydroxylation is 1. The molecule has 0 aliphatic heterocycles. The zero-order valence-electron chi connectivity index (χ0n) is 20.1. The van der Waals surface area contributed by atoms with Gasteiger partial charge in [-0.1, -0.05) is 47.5 Å². The van der Waals surface area contributed by atoms with Gasteiger partial charge in [-0.15, -0.1) is 10.2 Å². The highest BCUT2D eigenvalue weighted by Gasteiger charge is 2.20. The molecule has 0 saturated carbocycles. The van der Waals surface area contributed by atoms with Gasteiger partial charge in [0.1, 0.15) is 17.1 Å². The van der Waals surface area contributed by atoms with E-state index in [9.17, 15) is 22.9 Å². The fourth-order valence-electron chi connectivity index (χ4n) is 3.74. The van der Waals surface area contributed by atoms with Crippen LogP contribution in [0.4, 0.5) is 17.1 Å². The Kier molecular flexibility index (Phi) is 7.89. The monoisotopic (exact) mass is 573 g/mol. The second-order valence-corrected chi connectivity index (χ2v) is 10.4. The number of nitrogens with one attached hydrogen (secondary N) is 1. The number of benzene rings is 4. The zero-order chi connectivity index (χ0) is 27.6. The molecule has 0 saturated heterocycles. The third-order valence-electron chi connectivity index (χ3n) is 5.51. The molecule has 38 heavy (non-hydrogen) atoms. The van der Waals surface area contributed by atoms with E-state index in [1.807, 2.05) is 0 Å². The van der Waals surface area contributed by atoms with Gasteiger partial charge in [0.05, 0.1) is 27.8 Å². The lowest BCUT2D eigenvalue weighted by atomic mass is 10.0. The van der Waals surface area contributed by atoms with Gasteiger partial charge in [-0.2, -0.15) is 8.42 Å². The second kappa shape index (κ2) is 11.0. The maximum absolute atomic E-state index is 13.3. The highest BCUT2D eigenvalue weighted by Crippen LogP contribution is 2.41. The molecule has 0 aromatic heterocycles. The number of halogens is 2. The number of ether oxygens (including phenoxy) is 1. The molecule has 0 unspecified atom stereocenters. The molecule has 0 aliphatic carbocycles. The first-order valence-corrected chi connectivity index (χ1v) is 13.4. The van der Waals surface area contributed by atoms with Crippen LogP contribution in [-0.4, -0.2) is 30.6 Å². The number of hydrogen-bond donors (Lipinski definition) is 3. The largest absolute Gasteiger partial charge is 0.505 e. The Morgan fingerprint density at radius 2 is 1.74 bits per heavy atom. The Hall–Kier alpha value is -3.70. The number of phenols is 1. The van der Waals surface area contributed by atoms with E-state index in [1.54, 1.807) is 56.3 Å². The molecule has 4 aromatic carbocycles. The van der Waals surface area contributed by atoms with Crippen LogP contribution in [0.15, 0.2) is 75.8 Å². The number of hydrogen-bond acceptors (Lipinski definition) is 7. The van der Waals surface area contributed by atoms with Gasteiger partial charge < -0.3 is 15.2 Å². The Balaban J connectivity index is 1.79. The maximum atomic E-state index is 13.3. The van der Waals surface area contributed by atoms with Gasteiger partial charge in [0.15, 0.2) is 5.75 Å². The summed E-state index contributed by atoms with van der Waals surface area (Å²) in [6, 6.07) is 15.5. The van der Waals surface area contributed by atoms with Gasteiger partial charge in [0.2, 0.25) is 0 Å². The van der Waals surface area contributed by atoms with Gasteiger partial charge in [0, 0.05) is 16.5 Å². The summed E-state index contributed by atoms with van der Waals surface area (Å²) in [5.41, 5.74) is 0.735. The number of nitrogens with zero attached hydrogens (tertiary/aromatic N) is 2. The van der Waals surface area contributed by atoms with Crippen LogP contribution in [0.5, 0.6) is 11.5 Å². The molecule has 0 aliphatic rings. The number of amides is 1. The number of aromatic hydroxyl groups is 1. The predicted molar refractivity (Wildman–Crippen MR) is 146 cm³/mol. The van der Waals surface area contributed by atoms with Crippen molar-refractivity contribution in [3.63, 3.8) is 0 Å². The van der Waals surface area contributed by atoms with Crippen LogP contribution in [0.25, 0.3) is 10.8 Å². The molecule has 0 fully saturated rings. The topological polar surface area (TPSA) is 138 Å². The smallest absolute Gasteiger partial charge is 0.294 e. The SMILES string of the molecule is CCOc1cc(Cl)ccc1NC(=O)c1cc2ccccc2c(N=Nc2c(C)cc(S(=O)(=O)O)cc2Cl)c1O. The van der Waals surface area contributed by atoms with Crippen LogP contribution in [0.1, 0.15) is 22.8 Å². The van der Waals surface area contributed by atoms with Crippen LogP contribution in [0, 0.1) is 6.92 Å². The van der Waals surface area contributed by atoms with Crippen molar-refractivity contribution in [3.8, 4) is 11.5 Å². The van der Waals surface area contributed by atoms with Crippen molar-refractivity contribution in [2.45, 2.75) is 18.7 Å². The average Bonchev–Trinajstić information content (AvgIpc) is 2.85. The fraction of sp³-hybridized carbons (Fsp3) is 0.115. The molecule has 9 nitrogen and oxygen atoms in total. The molecule has 0 radical (unpaired) electrons. The molecule has 0 heterocycles. The van der Waals surface area contributed by atoms with Crippen molar-refractivity contribution < 1.29 is 27.6 Å². The van der Waals surface area contributed by atoms with Crippen molar-refractivity contribution in [3.05, 3.63) is 81.8 Å². The summed E-state index contributed by atoms with van der Waals surface area (Å²) >= 11 is 12.3. The van der Waals surface area contributed by atoms with E-state index in [2.05, 4.69) is 15.5 Å². The lowest BCUT2D eigenvalue weighted by Gasteiger charge is -2.14. The normalized spacial score (nSPS) is 11.7. The molecule has 4 aromatic rings. The van der Waals surface area contributed by atoms with Crippen LogP contribution in [0.3, 0.4) is 0 Å². The molecule has 0 bridgehead atoms. The lowest BCUT2D eigenvalue weighted by Crippen LogP contribution is -2.13. The van der Waals surface area contributed by atoms with Crippen molar-refractivity contribution >= 4 is 67.1 Å². The summed E-state index contributed by atoms with van der Waals surface area (Å²) < 4.78 is 37.8. The number of phenolic OH excluding ortho intramolecular Hbond substituents is 1. The molecular formula is C26H21Cl2N3O6S. The third-order valence-corrected chi connectivity index (χ3v) is 6.86. The summed E-state index contributed by atoms with van der Waals surface area (Å²) in [7, 11) is -4.47. The quantitative estimate of drug-likeness (QED) is 0.155.